The minimum atomic E-state index is -0.203. The minimum Gasteiger partial charge on any atom is -0.483 e. The van der Waals surface area contributed by atoms with Crippen molar-refractivity contribution in [2.24, 2.45) is 0 Å². The summed E-state index contributed by atoms with van der Waals surface area (Å²) in [6.45, 7) is 2.12. The molecule has 1 atom stereocenters. The van der Waals surface area contributed by atoms with Crippen LogP contribution in [-0.2, 0) is 20.8 Å². The van der Waals surface area contributed by atoms with Gasteiger partial charge in [0.2, 0.25) is 0 Å². The van der Waals surface area contributed by atoms with E-state index in [0.717, 1.165) is 19.4 Å². The van der Waals surface area contributed by atoms with E-state index in [9.17, 15) is 9.59 Å². The number of ether oxygens (including phenoxy) is 3. The van der Waals surface area contributed by atoms with Gasteiger partial charge in [0.15, 0.2) is 6.61 Å². The zero-order valence-corrected chi connectivity index (χ0v) is 14.9. The van der Waals surface area contributed by atoms with Gasteiger partial charge in [0.25, 0.3) is 11.5 Å². The number of amides is 1. The second kappa shape index (κ2) is 8.82. The highest BCUT2D eigenvalue weighted by molar-refractivity contribution is 5.88. The van der Waals surface area contributed by atoms with Gasteiger partial charge in [-0.05, 0) is 31.0 Å². The third-order valence-electron chi connectivity index (χ3n) is 4.42. The third-order valence-corrected chi connectivity index (χ3v) is 4.42. The molecule has 0 saturated carbocycles. The van der Waals surface area contributed by atoms with Crippen LogP contribution in [0.25, 0.3) is 10.8 Å². The van der Waals surface area contributed by atoms with E-state index in [0.29, 0.717) is 36.2 Å². The summed E-state index contributed by atoms with van der Waals surface area (Å²) in [5.74, 6) is 0.316. The Morgan fingerprint density at radius 3 is 3.00 bits per heavy atom. The maximum absolute atomic E-state index is 12.5. The molecule has 2 aromatic rings. The lowest BCUT2D eigenvalue weighted by Crippen LogP contribution is -2.35. The minimum absolute atomic E-state index is 0.0986. The van der Waals surface area contributed by atoms with E-state index in [1.165, 1.54) is 0 Å². The molecule has 0 spiro atoms. The van der Waals surface area contributed by atoms with E-state index in [-0.39, 0.29) is 24.2 Å². The summed E-state index contributed by atoms with van der Waals surface area (Å²) in [7, 11) is 1.60. The quantitative estimate of drug-likeness (QED) is 0.768. The Morgan fingerprint density at radius 2 is 2.23 bits per heavy atom. The fourth-order valence-corrected chi connectivity index (χ4v) is 3.01. The summed E-state index contributed by atoms with van der Waals surface area (Å²) in [5.41, 5.74) is -0.104. The number of fused-ring (bicyclic) bond motifs is 1. The number of nitrogens with one attached hydrogen (secondary N) is 1. The summed E-state index contributed by atoms with van der Waals surface area (Å²) >= 11 is 0. The maximum Gasteiger partial charge on any atom is 0.258 e. The summed E-state index contributed by atoms with van der Waals surface area (Å²) in [6.07, 6.45) is 3.82. The van der Waals surface area contributed by atoms with Crippen molar-refractivity contribution in [2.75, 3.05) is 33.5 Å². The zero-order valence-electron chi connectivity index (χ0n) is 14.9. The van der Waals surface area contributed by atoms with Crippen molar-refractivity contribution in [3.63, 3.8) is 0 Å². The Morgan fingerprint density at radius 1 is 1.35 bits per heavy atom. The molecule has 3 rings (SSSR count). The molecule has 1 aliphatic heterocycles. The molecule has 140 valence electrons. The Hall–Kier alpha value is -2.38. The molecule has 0 aliphatic carbocycles. The van der Waals surface area contributed by atoms with E-state index in [1.54, 1.807) is 36.1 Å². The highest BCUT2D eigenvalue weighted by atomic mass is 16.5. The standard InChI is InChI=1S/C19H24N2O5/c1-24-11-9-21-8-7-15-16(19(21)23)5-2-6-17(15)26-13-18(22)20-12-14-4-3-10-25-14/h2,5-8,14H,3-4,9-13H2,1H3,(H,20,22). The Balaban J connectivity index is 1.65. The average molecular weight is 360 g/mol. The van der Waals surface area contributed by atoms with Gasteiger partial charge in [0.05, 0.1) is 18.1 Å². The first-order valence-electron chi connectivity index (χ1n) is 8.81. The van der Waals surface area contributed by atoms with Crippen LogP contribution in [0.3, 0.4) is 0 Å². The molecule has 1 aromatic carbocycles. The number of nitrogens with zero attached hydrogens (tertiary/aromatic N) is 1. The number of hydrogen-bond acceptors (Lipinski definition) is 5. The Kier molecular flexibility index (Phi) is 6.25. The molecule has 7 nitrogen and oxygen atoms in total. The molecule has 26 heavy (non-hydrogen) atoms. The van der Waals surface area contributed by atoms with E-state index in [2.05, 4.69) is 5.32 Å². The van der Waals surface area contributed by atoms with Crippen LogP contribution in [-0.4, -0.2) is 50.1 Å². The zero-order chi connectivity index (χ0) is 18.4. The van der Waals surface area contributed by atoms with Crippen molar-refractivity contribution in [3.8, 4) is 5.75 Å². The van der Waals surface area contributed by atoms with Crippen molar-refractivity contribution < 1.29 is 19.0 Å². The van der Waals surface area contributed by atoms with Crippen molar-refractivity contribution in [3.05, 3.63) is 40.8 Å². The third kappa shape index (κ3) is 4.42. The van der Waals surface area contributed by atoms with Gasteiger partial charge in [-0.1, -0.05) is 6.07 Å². The van der Waals surface area contributed by atoms with Crippen molar-refractivity contribution in [1.82, 2.24) is 9.88 Å². The van der Waals surface area contributed by atoms with Crippen LogP contribution in [0.4, 0.5) is 0 Å². The maximum atomic E-state index is 12.5. The number of rotatable bonds is 8. The van der Waals surface area contributed by atoms with Gasteiger partial charge in [0.1, 0.15) is 5.75 Å². The topological polar surface area (TPSA) is 78.8 Å². The molecule has 1 fully saturated rings. The number of benzene rings is 1. The molecule has 1 N–H and O–H groups in total. The van der Waals surface area contributed by atoms with Gasteiger partial charge in [0, 0.05) is 38.4 Å². The fraction of sp³-hybridized carbons (Fsp3) is 0.474. The summed E-state index contributed by atoms with van der Waals surface area (Å²) in [6, 6.07) is 7.09. The van der Waals surface area contributed by atoms with Crippen molar-refractivity contribution >= 4 is 16.7 Å². The van der Waals surface area contributed by atoms with Gasteiger partial charge in [-0.2, -0.15) is 0 Å². The average Bonchev–Trinajstić information content (AvgIpc) is 3.18. The highest BCUT2D eigenvalue weighted by Gasteiger charge is 2.16. The molecule has 1 aliphatic rings. The predicted molar refractivity (Wildman–Crippen MR) is 97.6 cm³/mol. The molecule has 0 radical (unpaired) electrons. The van der Waals surface area contributed by atoms with Crippen LogP contribution < -0.4 is 15.6 Å². The SMILES string of the molecule is COCCn1ccc2c(OCC(=O)NCC3CCCO3)cccc2c1=O. The first-order chi connectivity index (χ1) is 12.7. The van der Waals surface area contributed by atoms with Crippen molar-refractivity contribution in [1.29, 1.82) is 0 Å². The number of methoxy groups -OCH3 is 1. The molecule has 1 saturated heterocycles. The largest absolute Gasteiger partial charge is 0.483 e. The second-order valence-corrected chi connectivity index (χ2v) is 6.25. The summed E-state index contributed by atoms with van der Waals surface area (Å²) < 4.78 is 17.7. The highest BCUT2D eigenvalue weighted by Crippen LogP contribution is 2.23. The number of pyridine rings is 1. The number of carbonyl (C=O) groups excluding carboxylic acids is 1. The van der Waals surface area contributed by atoms with Gasteiger partial charge >= 0.3 is 0 Å². The van der Waals surface area contributed by atoms with Gasteiger partial charge in [-0.3, -0.25) is 9.59 Å². The van der Waals surface area contributed by atoms with E-state index in [4.69, 9.17) is 14.2 Å². The fourth-order valence-electron chi connectivity index (χ4n) is 3.01. The first-order valence-corrected chi connectivity index (χ1v) is 8.81. The Labute approximate surface area is 151 Å². The lowest BCUT2D eigenvalue weighted by molar-refractivity contribution is -0.123. The molecule has 1 unspecified atom stereocenters. The normalized spacial score (nSPS) is 16.7. The van der Waals surface area contributed by atoms with Crippen LogP contribution in [0, 0.1) is 0 Å². The van der Waals surface area contributed by atoms with Crippen LogP contribution in [0.5, 0.6) is 5.75 Å². The summed E-state index contributed by atoms with van der Waals surface area (Å²) in [5, 5.41) is 4.07. The van der Waals surface area contributed by atoms with E-state index < -0.39 is 0 Å². The molecule has 1 aromatic heterocycles. The summed E-state index contributed by atoms with van der Waals surface area (Å²) in [4.78, 5) is 24.5. The molecule has 1 amide bonds. The van der Waals surface area contributed by atoms with Crippen molar-refractivity contribution in [2.45, 2.75) is 25.5 Å². The lowest BCUT2D eigenvalue weighted by Gasteiger charge is -2.13. The number of aromatic nitrogens is 1. The van der Waals surface area contributed by atoms with E-state index >= 15 is 0 Å². The number of hydrogen-bond donors (Lipinski definition) is 1. The molecule has 0 bridgehead atoms. The second-order valence-electron chi connectivity index (χ2n) is 6.25. The van der Waals surface area contributed by atoms with Gasteiger partial charge < -0.3 is 24.1 Å². The first kappa shape index (κ1) is 18.4. The Bertz CT molecular complexity index is 811. The van der Waals surface area contributed by atoms with Crippen LogP contribution in [0.15, 0.2) is 35.3 Å². The molecule has 7 heteroatoms. The predicted octanol–water partition coefficient (Wildman–Crippen LogP) is 1.32. The number of carbonyl (C=O) groups is 1. The lowest BCUT2D eigenvalue weighted by atomic mass is 10.1. The molecule has 2 heterocycles. The van der Waals surface area contributed by atoms with Crippen LogP contribution >= 0.6 is 0 Å². The van der Waals surface area contributed by atoms with Gasteiger partial charge in [-0.25, -0.2) is 0 Å². The monoisotopic (exact) mass is 360 g/mol. The van der Waals surface area contributed by atoms with E-state index in [1.807, 2.05) is 6.07 Å². The molecular weight excluding hydrogens is 336 g/mol. The smallest absolute Gasteiger partial charge is 0.258 e. The molecular formula is C19H24N2O5. The van der Waals surface area contributed by atoms with Crippen LogP contribution in [0.1, 0.15) is 12.8 Å². The van der Waals surface area contributed by atoms with Gasteiger partial charge in [-0.15, -0.1) is 0 Å². The van der Waals surface area contributed by atoms with Crippen LogP contribution in [0.2, 0.25) is 0 Å².